The van der Waals surface area contributed by atoms with Crippen molar-refractivity contribution in [1.29, 1.82) is 0 Å². The van der Waals surface area contributed by atoms with Gasteiger partial charge in [-0.2, -0.15) is 0 Å². The number of carbonyl (C=O) groups is 1. The molecule has 0 saturated heterocycles. The van der Waals surface area contributed by atoms with Gasteiger partial charge in [0.15, 0.2) is 0 Å². The average molecular weight is 283 g/mol. The van der Waals surface area contributed by atoms with Crippen LogP contribution in [0.2, 0.25) is 0 Å². The molecule has 0 spiro atoms. The average Bonchev–Trinajstić information content (AvgIpc) is 2.83. The maximum absolute atomic E-state index is 13.2. The molecular weight excluding hydrogens is 265 g/mol. The molecule has 0 saturated carbocycles. The standard InChI is InChI=1S/C18H18FNO/c1-11-4-3-5-17(12(11)2)18(21)20-16-9-13-6-7-15(19)8-14(13)10-16/h3-8,16H,9-10H2,1-2H3,(H,20,21). The van der Waals surface area contributed by atoms with Crippen LogP contribution in [0.5, 0.6) is 0 Å². The predicted octanol–water partition coefficient (Wildman–Crippen LogP) is 3.34. The number of halogens is 1. The highest BCUT2D eigenvalue weighted by Gasteiger charge is 2.24. The molecule has 0 radical (unpaired) electrons. The second kappa shape index (κ2) is 5.32. The zero-order chi connectivity index (χ0) is 15.0. The summed E-state index contributed by atoms with van der Waals surface area (Å²) in [6.45, 7) is 3.96. The van der Waals surface area contributed by atoms with Crippen LogP contribution in [0.4, 0.5) is 4.39 Å². The van der Waals surface area contributed by atoms with Gasteiger partial charge in [0.05, 0.1) is 0 Å². The summed E-state index contributed by atoms with van der Waals surface area (Å²) in [6, 6.07) is 10.7. The van der Waals surface area contributed by atoms with Crippen molar-refractivity contribution in [3.8, 4) is 0 Å². The van der Waals surface area contributed by atoms with Gasteiger partial charge in [-0.05, 0) is 67.1 Å². The van der Waals surface area contributed by atoms with Gasteiger partial charge in [-0.15, -0.1) is 0 Å². The summed E-state index contributed by atoms with van der Waals surface area (Å²) in [5.74, 6) is -0.260. The molecule has 0 heterocycles. The highest BCUT2D eigenvalue weighted by Crippen LogP contribution is 2.23. The highest BCUT2D eigenvalue weighted by atomic mass is 19.1. The molecule has 3 rings (SSSR count). The Morgan fingerprint density at radius 3 is 2.71 bits per heavy atom. The number of aryl methyl sites for hydroxylation is 1. The number of benzene rings is 2. The van der Waals surface area contributed by atoms with Crippen molar-refractivity contribution >= 4 is 5.91 Å². The van der Waals surface area contributed by atoms with Crippen LogP contribution in [0.25, 0.3) is 0 Å². The molecule has 0 aliphatic heterocycles. The maximum Gasteiger partial charge on any atom is 0.251 e. The minimum atomic E-state index is -0.213. The monoisotopic (exact) mass is 283 g/mol. The molecule has 0 bridgehead atoms. The fourth-order valence-electron chi connectivity index (χ4n) is 2.95. The third-order valence-corrected chi connectivity index (χ3v) is 4.29. The smallest absolute Gasteiger partial charge is 0.251 e. The van der Waals surface area contributed by atoms with Gasteiger partial charge in [0.2, 0.25) is 0 Å². The Morgan fingerprint density at radius 2 is 1.90 bits per heavy atom. The van der Waals surface area contributed by atoms with Crippen molar-refractivity contribution in [3.63, 3.8) is 0 Å². The van der Waals surface area contributed by atoms with Crippen LogP contribution >= 0.6 is 0 Å². The molecule has 108 valence electrons. The molecule has 2 aromatic carbocycles. The predicted molar refractivity (Wildman–Crippen MR) is 81.0 cm³/mol. The number of nitrogens with one attached hydrogen (secondary N) is 1. The minimum absolute atomic E-state index is 0.0468. The summed E-state index contributed by atoms with van der Waals surface area (Å²) in [6.07, 6.45) is 1.47. The van der Waals surface area contributed by atoms with Gasteiger partial charge in [0.1, 0.15) is 5.82 Å². The van der Waals surface area contributed by atoms with Gasteiger partial charge < -0.3 is 5.32 Å². The lowest BCUT2D eigenvalue weighted by Gasteiger charge is -2.14. The van der Waals surface area contributed by atoms with E-state index in [9.17, 15) is 9.18 Å². The van der Waals surface area contributed by atoms with Crippen LogP contribution in [0.15, 0.2) is 36.4 Å². The molecule has 1 N–H and O–H groups in total. The summed E-state index contributed by atoms with van der Waals surface area (Å²) in [4.78, 5) is 12.4. The van der Waals surface area contributed by atoms with E-state index in [4.69, 9.17) is 0 Å². The fraction of sp³-hybridized carbons (Fsp3) is 0.278. The molecular formula is C18H18FNO. The lowest BCUT2D eigenvalue weighted by molar-refractivity contribution is 0.0938. The molecule has 0 fully saturated rings. The zero-order valence-corrected chi connectivity index (χ0v) is 12.2. The number of rotatable bonds is 2. The van der Waals surface area contributed by atoms with E-state index in [1.807, 2.05) is 38.1 Å². The lowest BCUT2D eigenvalue weighted by Crippen LogP contribution is -2.35. The van der Waals surface area contributed by atoms with Gasteiger partial charge in [-0.1, -0.05) is 18.2 Å². The molecule has 1 atom stereocenters. The van der Waals surface area contributed by atoms with Gasteiger partial charge in [0, 0.05) is 11.6 Å². The summed E-state index contributed by atoms with van der Waals surface area (Å²) < 4.78 is 13.2. The molecule has 1 unspecified atom stereocenters. The largest absolute Gasteiger partial charge is 0.349 e. The summed E-state index contributed by atoms with van der Waals surface area (Å²) in [5, 5.41) is 3.07. The minimum Gasteiger partial charge on any atom is -0.349 e. The van der Waals surface area contributed by atoms with Crippen LogP contribution in [0.3, 0.4) is 0 Å². The number of hydrogen-bond acceptors (Lipinski definition) is 1. The normalized spacial score (nSPS) is 16.6. The first-order chi connectivity index (χ1) is 10.0. The van der Waals surface area contributed by atoms with Crippen molar-refractivity contribution in [2.45, 2.75) is 32.7 Å². The van der Waals surface area contributed by atoms with E-state index in [1.165, 1.54) is 6.07 Å². The van der Waals surface area contributed by atoms with Crippen LogP contribution in [-0.2, 0) is 12.8 Å². The fourth-order valence-corrected chi connectivity index (χ4v) is 2.95. The molecule has 1 amide bonds. The number of amides is 1. The topological polar surface area (TPSA) is 29.1 Å². The number of fused-ring (bicyclic) bond motifs is 1. The van der Waals surface area contributed by atoms with Gasteiger partial charge >= 0.3 is 0 Å². The van der Waals surface area contributed by atoms with Crippen LogP contribution in [0.1, 0.15) is 32.6 Å². The molecule has 3 heteroatoms. The van der Waals surface area contributed by atoms with Crippen LogP contribution in [0, 0.1) is 19.7 Å². The number of hydrogen-bond donors (Lipinski definition) is 1. The van der Waals surface area contributed by atoms with Crippen LogP contribution < -0.4 is 5.32 Å². The van der Waals surface area contributed by atoms with Gasteiger partial charge in [0.25, 0.3) is 5.91 Å². The summed E-state index contributed by atoms with van der Waals surface area (Å²) >= 11 is 0. The first-order valence-electron chi connectivity index (χ1n) is 7.19. The summed E-state index contributed by atoms with van der Waals surface area (Å²) in [5.41, 5.74) is 4.97. The Morgan fingerprint density at radius 1 is 1.14 bits per heavy atom. The SMILES string of the molecule is Cc1cccc(C(=O)NC2Cc3ccc(F)cc3C2)c1C. The highest BCUT2D eigenvalue weighted by molar-refractivity contribution is 5.96. The molecule has 21 heavy (non-hydrogen) atoms. The zero-order valence-electron chi connectivity index (χ0n) is 12.2. The molecule has 1 aliphatic carbocycles. The van der Waals surface area contributed by atoms with E-state index in [0.717, 1.165) is 34.2 Å². The quantitative estimate of drug-likeness (QED) is 0.900. The Kier molecular flexibility index (Phi) is 3.50. The lowest BCUT2D eigenvalue weighted by atomic mass is 10.0. The Balaban J connectivity index is 1.74. The van der Waals surface area contributed by atoms with Gasteiger partial charge in [-0.3, -0.25) is 4.79 Å². The van der Waals surface area contributed by atoms with E-state index in [0.29, 0.717) is 6.42 Å². The van der Waals surface area contributed by atoms with E-state index in [-0.39, 0.29) is 17.8 Å². The van der Waals surface area contributed by atoms with Gasteiger partial charge in [-0.25, -0.2) is 4.39 Å². The van der Waals surface area contributed by atoms with Crippen molar-refractivity contribution < 1.29 is 9.18 Å². The van der Waals surface area contributed by atoms with E-state index >= 15 is 0 Å². The van der Waals surface area contributed by atoms with Crippen LogP contribution in [-0.4, -0.2) is 11.9 Å². The first kappa shape index (κ1) is 13.8. The third kappa shape index (κ3) is 2.68. The third-order valence-electron chi connectivity index (χ3n) is 4.29. The Bertz CT molecular complexity index is 708. The maximum atomic E-state index is 13.2. The van der Waals surface area contributed by atoms with Crippen molar-refractivity contribution in [3.05, 3.63) is 70.0 Å². The Hall–Kier alpha value is -2.16. The second-order valence-electron chi connectivity index (χ2n) is 5.74. The molecule has 0 aromatic heterocycles. The molecule has 1 aliphatic rings. The number of carbonyl (C=O) groups excluding carboxylic acids is 1. The van der Waals surface area contributed by atoms with Crippen molar-refractivity contribution in [2.75, 3.05) is 0 Å². The second-order valence-corrected chi connectivity index (χ2v) is 5.74. The van der Waals surface area contributed by atoms with Crippen molar-refractivity contribution in [1.82, 2.24) is 5.32 Å². The first-order valence-corrected chi connectivity index (χ1v) is 7.19. The van der Waals surface area contributed by atoms with Crippen molar-refractivity contribution in [2.24, 2.45) is 0 Å². The molecule has 2 aromatic rings. The van der Waals surface area contributed by atoms with E-state index in [1.54, 1.807) is 6.07 Å². The molecule has 2 nitrogen and oxygen atoms in total. The van der Waals surface area contributed by atoms with E-state index in [2.05, 4.69) is 5.32 Å². The summed E-state index contributed by atoms with van der Waals surface area (Å²) in [7, 11) is 0. The van der Waals surface area contributed by atoms with E-state index < -0.39 is 0 Å². The Labute approximate surface area is 124 Å².